The van der Waals surface area contributed by atoms with E-state index in [4.69, 9.17) is 18.5 Å². The number of quaternary nitrogens is 1. The smallest absolute Gasteiger partial charge is 0.462 e. The van der Waals surface area contributed by atoms with E-state index in [2.05, 4.69) is 86.8 Å². The Morgan fingerprint density at radius 1 is 0.508 bits per heavy atom. The Bertz CT molecular complexity index is 1300. The Labute approximate surface area is 387 Å². The van der Waals surface area contributed by atoms with Crippen molar-refractivity contribution in [2.45, 2.75) is 206 Å². The van der Waals surface area contributed by atoms with Crippen LogP contribution < -0.4 is 0 Å². The quantitative estimate of drug-likeness (QED) is 0.0212. The number of phosphoric acid groups is 1. The molecule has 0 bridgehead atoms. The normalized spacial score (nSPS) is 14.1. The molecule has 0 aliphatic rings. The van der Waals surface area contributed by atoms with Crippen LogP contribution in [0.5, 0.6) is 0 Å². The Morgan fingerprint density at radius 2 is 0.905 bits per heavy atom. The standard InChI is InChI=1S/C53H94NO8P/c1-6-8-10-12-14-16-18-20-22-24-25-26-27-28-29-30-32-34-36-38-40-42-44-46-53(56)62-51(50-61-63(57,58)60-48-47-54(3,4)5)49-59-52(55)45-43-41-39-37-35-33-31-23-21-19-17-15-13-11-9-7-2/h8,10,14,16,20,22-23,25-26,28-29,31,51H,6-7,9,11-13,15,17-19,21,24,27,30,32-50H2,1-5H3/p+1/b10-8-,16-14-,22-20-,26-25-,29-28-,31-23-. The van der Waals surface area contributed by atoms with Crippen molar-refractivity contribution in [2.75, 3.05) is 47.5 Å². The summed E-state index contributed by atoms with van der Waals surface area (Å²) < 4.78 is 34.4. The lowest BCUT2D eigenvalue weighted by atomic mass is 10.1. The largest absolute Gasteiger partial charge is 0.472 e. The van der Waals surface area contributed by atoms with E-state index in [1.165, 1.54) is 70.6 Å². The summed E-state index contributed by atoms with van der Waals surface area (Å²) in [5.74, 6) is -0.823. The molecule has 2 unspecified atom stereocenters. The molecule has 0 saturated carbocycles. The molecule has 364 valence electrons. The highest BCUT2D eigenvalue weighted by atomic mass is 31.2. The van der Waals surface area contributed by atoms with Crippen LogP contribution in [-0.4, -0.2) is 74.9 Å². The van der Waals surface area contributed by atoms with Gasteiger partial charge in [0.1, 0.15) is 19.8 Å². The maximum absolute atomic E-state index is 12.8. The van der Waals surface area contributed by atoms with Crippen LogP contribution in [-0.2, 0) is 32.7 Å². The number of phosphoric ester groups is 1. The van der Waals surface area contributed by atoms with E-state index in [-0.39, 0.29) is 32.0 Å². The van der Waals surface area contributed by atoms with Gasteiger partial charge in [0.15, 0.2) is 6.10 Å². The molecular formula is C53H95NO8P+. The number of carbonyl (C=O) groups is 2. The van der Waals surface area contributed by atoms with Gasteiger partial charge >= 0.3 is 19.8 Å². The van der Waals surface area contributed by atoms with Crippen LogP contribution in [0.1, 0.15) is 200 Å². The van der Waals surface area contributed by atoms with Gasteiger partial charge in [0.05, 0.1) is 27.7 Å². The first kappa shape index (κ1) is 60.5. The highest BCUT2D eigenvalue weighted by Gasteiger charge is 2.27. The van der Waals surface area contributed by atoms with E-state index in [0.29, 0.717) is 17.4 Å². The summed E-state index contributed by atoms with van der Waals surface area (Å²) in [5, 5.41) is 0. The Hall–Kier alpha value is -2.55. The summed E-state index contributed by atoms with van der Waals surface area (Å²) in [6.45, 7) is 4.29. The number of hydrogen-bond acceptors (Lipinski definition) is 7. The van der Waals surface area contributed by atoms with E-state index in [0.717, 1.165) is 96.3 Å². The maximum Gasteiger partial charge on any atom is 0.472 e. The number of nitrogens with zero attached hydrogens (tertiary/aromatic N) is 1. The third-order valence-electron chi connectivity index (χ3n) is 10.5. The average molecular weight is 905 g/mol. The van der Waals surface area contributed by atoms with Crippen LogP contribution in [0.4, 0.5) is 0 Å². The zero-order chi connectivity index (χ0) is 46.4. The number of esters is 2. The fourth-order valence-electron chi connectivity index (χ4n) is 6.56. The monoisotopic (exact) mass is 905 g/mol. The zero-order valence-electron chi connectivity index (χ0n) is 41.0. The van der Waals surface area contributed by atoms with Crippen LogP contribution in [0.15, 0.2) is 72.9 Å². The summed E-state index contributed by atoms with van der Waals surface area (Å²) in [4.78, 5) is 35.5. The molecule has 0 rings (SSSR count). The van der Waals surface area contributed by atoms with Gasteiger partial charge in [-0.25, -0.2) is 4.57 Å². The predicted molar refractivity (Wildman–Crippen MR) is 266 cm³/mol. The van der Waals surface area contributed by atoms with E-state index in [1.54, 1.807) is 0 Å². The number of hydrogen-bond donors (Lipinski definition) is 1. The molecule has 63 heavy (non-hydrogen) atoms. The Kier molecular flexibility index (Phi) is 42.8. The van der Waals surface area contributed by atoms with Crippen molar-refractivity contribution in [1.82, 2.24) is 0 Å². The molecule has 0 aliphatic carbocycles. The van der Waals surface area contributed by atoms with Crippen molar-refractivity contribution in [2.24, 2.45) is 0 Å². The molecule has 9 nitrogen and oxygen atoms in total. The van der Waals surface area contributed by atoms with E-state index in [1.807, 2.05) is 21.1 Å². The second-order valence-electron chi connectivity index (χ2n) is 17.8. The molecule has 0 aromatic rings. The molecule has 0 heterocycles. The SMILES string of the molecule is CC/C=C\C/C=C\C/C=C\C/C=C\C/C=C\CCCCCCCCCC(=O)OC(COC(=O)CCCCCCC/C=C\CCCCCCCCC)COP(=O)(O)OCC[N+](C)(C)C. The average Bonchev–Trinajstić information content (AvgIpc) is 3.24. The topological polar surface area (TPSA) is 108 Å². The number of unbranched alkanes of at least 4 members (excludes halogenated alkanes) is 19. The van der Waals surface area contributed by atoms with Crippen LogP contribution in [0.25, 0.3) is 0 Å². The minimum absolute atomic E-state index is 0.0248. The summed E-state index contributed by atoms with van der Waals surface area (Å²) in [5.41, 5.74) is 0. The van der Waals surface area contributed by atoms with Crippen molar-refractivity contribution in [1.29, 1.82) is 0 Å². The molecule has 2 atom stereocenters. The molecule has 0 amide bonds. The lowest BCUT2D eigenvalue weighted by Crippen LogP contribution is -2.37. The van der Waals surface area contributed by atoms with Gasteiger partial charge in [-0.05, 0) is 83.5 Å². The molecular weight excluding hydrogens is 810 g/mol. The number of carbonyl (C=O) groups excluding carboxylic acids is 2. The Balaban J connectivity index is 4.31. The summed E-state index contributed by atoms with van der Waals surface area (Å²) in [6.07, 6.45) is 56.6. The first-order chi connectivity index (χ1) is 30.5. The van der Waals surface area contributed by atoms with Crippen LogP contribution >= 0.6 is 7.82 Å². The molecule has 1 N–H and O–H groups in total. The Morgan fingerprint density at radius 3 is 1.37 bits per heavy atom. The van der Waals surface area contributed by atoms with Gasteiger partial charge in [-0.1, -0.05) is 177 Å². The van der Waals surface area contributed by atoms with Crippen molar-refractivity contribution >= 4 is 19.8 Å². The number of allylic oxidation sites excluding steroid dienone is 12. The minimum atomic E-state index is -4.39. The van der Waals surface area contributed by atoms with Gasteiger partial charge in [-0.2, -0.15) is 0 Å². The summed E-state index contributed by atoms with van der Waals surface area (Å²) >= 11 is 0. The first-order valence-electron chi connectivity index (χ1n) is 25.2. The number of likely N-dealkylation sites (N-methyl/N-ethyl adjacent to an activating group) is 1. The summed E-state index contributed by atoms with van der Waals surface area (Å²) in [7, 11) is 1.46. The molecule has 0 radical (unpaired) electrons. The number of rotatable bonds is 45. The third kappa shape index (κ3) is 48.7. The van der Waals surface area contributed by atoms with Gasteiger partial charge in [-0.3, -0.25) is 18.6 Å². The second-order valence-corrected chi connectivity index (χ2v) is 19.3. The highest BCUT2D eigenvalue weighted by molar-refractivity contribution is 7.47. The number of ether oxygens (including phenoxy) is 2. The van der Waals surface area contributed by atoms with Gasteiger partial charge in [0.25, 0.3) is 0 Å². The van der Waals surface area contributed by atoms with E-state index >= 15 is 0 Å². The van der Waals surface area contributed by atoms with Gasteiger partial charge < -0.3 is 18.9 Å². The van der Waals surface area contributed by atoms with Gasteiger partial charge in [0, 0.05) is 12.8 Å². The van der Waals surface area contributed by atoms with Crippen molar-refractivity contribution in [3.8, 4) is 0 Å². The molecule has 0 spiro atoms. The fraction of sp³-hybridized carbons (Fsp3) is 0.736. The molecule has 10 heteroatoms. The van der Waals surface area contributed by atoms with Crippen LogP contribution in [0.2, 0.25) is 0 Å². The zero-order valence-corrected chi connectivity index (χ0v) is 41.9. The molecule has 0 aromatic heterocycles. The second kappa shape index (κ2) is 44.6. The first-order valence-corrected chi connectivity index (χ1v) is 26.7. The minimum Gasteiger partial charge on any atom is -0.462 e. The molecule has 0 aromatic carbocycles. The van der Waals surface area contributed by atoms with Crippen molar-refractivity contribution in [3.63, 3.8) is 0 Å². The predicted octanol–water partition coefficient (Wildman–Crippen LogP) is 15.0. The third-order valence-corrected chi connectivity index (χ3v) is 11.5. The maximum atomic E-state index is 12.8. The van der Waals surface area contributed by atoms with Crippen molar-refractivity contribution < 1.29 is 42.1 Å². The van der Waals surface area contributed by atoms with Gasteiger partial charge in [0.2, 0.25) is 0 Å². The molecule has 0 fully saturated rings. The van der Waals surface area contributed by atoms with Crippen LogP contribution in [0.3, 0.4) is 0 Å². The fourth-order valence-corrected chi connectivity index (χ4v) is 7.31. The molecule has 0 saturated heterocycles. The van der Waals surface area contributed by atoms with E-state index < -0.39 is 26.5 Å². The summed E-state index contributed by atoms with van der Waals surface area (Å²) in [6, 6.07) is 0. The van der Waals surface area contributed by atoms with Gasteiger partial charge in [-0.15, -0.1) is 0 Å². The van der Waals surface area contributed by atoms with Crippen LogP contribution in [0, 0.1) is 0 Å². The highest BCUT2D eigenvalue weighted by Crippen LogP contribution is 2.43. The van der Waals surface area contributed by atoms with Crippen molar-refractivity contribution in [3.05, 3.63) is 72.9 Å². The van der Waals surface area contributed by atoms with E-state index in [9.17, 15) is 19.0 Å². The lowest BCUT2D eigenvalue weighted by Gasteiger charge is -2.24. The lowest BCUT2D eigenvalue weighted by molar-refractivity contribution is -0.870. The molecule has 0 aliphatic heterocycles.